The Labute approximate surface area is 202 Å². The minimum absolute atomic E-state index is 0.0261. The summed E-state index contributed by atoms with van der Waals surface area (Å²) < 4.78 is 24.8. The lowest BCUT2D eigenvalue weighted by Crippen LogP contribution is -2.35. The molecule has 184 valence electrons. The molecule has 0 fully saturated rings. The van der Waals surface area contributed by atoms with E-state index in [4.69, 9.17) is 9.47 Å². The number of urea groups is 1. The summed E-state index contributed by atoms with van der Waals surface area (Å²) in [7, 11) is 1.29. The van der Waals surface area contributed by atoms with Crippen LogP contribution >= 0.6 is 0 Å². The molecule has 3 aromatic rings. The molecule has 3 N–H and O–H groups in total. The van der Waals surface area contributed by atoms with Crippen LogP contribution in [0.4, 0.5) is 9.18 Å². The number of ether oxygens (including phenoxy) is 2. The highest BCUT2D eigenvalue weighted by molar-refractivity contribution is 5.91. The monoisotopic (exact) mass is 481 g/mol. The summed E-state index contributed by atoms with van der Waals surface area (Å²) in [6.45, 7) is 5.94. The van der Waals surface area contributed by atoms with Gasteiger partial charge in [-0.05, 0) is 67.3 Å². The van der Waals surface area contributed by atoms with E-state index in [1.807, 2.05) is 6.92 Å². The third kappa shape index (κ3) is 6.26. The predicted molar refractivity (Wildman–Crippen MR) is 130 cm³/mol. The molecule has 2 aromatic carbocycles. The maximum atomic E-state index is 13.9. The molecule has 2 amide bonds. The molecule has 0 unspecified atom stereocenters. The zero-order chi connectivity index (χ0) is 25.5. The summed E-state index contributed by atoms with van der Waals surface area (Å²) in [5, 5.41) is 5.30. The van der Waals surface area contributed by atoms with E-state index in [9.17, 15) is 18.8 Å². The van der Waals surface area contributed by atoms with Crippen LogP contribution in [0.15, 0.2) is 47.3 Å². The SMILES string of the molecule is CCNC(=O)NCc1cc(F)ccc1COc1cc(C)[nH]c(=O)c1-c1cc(C(=O)OC)ccc1C. The number of hydrogen-bond donors (Lipinski definition) is 3. The number of aromatic amines is 1. The van der Waals surface area contributed by atoms with Crippen molar-refractivity contribution in [2.45, 2.75) is 33.9 Å². The minimum Gasteiger partial charge on any atom is -0.488 e. The Morgan fingerprint density at radius 3 is 2.51 bits per heavy atom. The molecule has 1 aromatic heterocycles. The van der Waals surface area contributed by atoms with Crippen LogP contribution in [0.5, 0.6) is 5.75 Å². The highest BCUT2D eigenvalue weighted by Gasteiger charge is 2.18. The first-order valence-corrected chi connectivity index (χ1v) is 11.1. The molecule has 0 aliphatic heterocycles. The fourth-order valence-electron chi connectivity index (χ4n) is 3.62. The lowest BCUT2D eigenvalue weighted by Gasteiger charge is -2.16. The Morgan fingerprint density at radius 1 is 1.03 bits per heavy atom. The normalized spacial score (nSPS) is 10.5. The van der Waals surface area contributed by atoms with Crippen LogP contribution in [0.25, 0.3) is 11.1 Å². The average molecular weight is 482 g/mol. The molecule has 0 spiro atoms. The molecular formula is C26H28FN3O5. The van der Waals surface area contributed by atoms with Crippen LogP contribution < -0.4 is 20.9 Å². The Morgan fingerprint density at radius 2 is 1.80 bits per heavy atom. The van der Waals surface area contributed by atoms with E-state index in [2.05, 4.69) is 15.6 Å². The fourth-order valence-corrected chi connectivity index (χ4v) is 3.62. The number of aryl methyl sites for hydroxylation is 2. The van der Waals surface area contributed by atoms with Gasteiger partial charge in [0.05, 0.1) is 18.2 Å². The van der Waals surface area contributed by atoms with Gasteiger partial charge in [-0.1, -0.05) is 12.1 Å². The standard InChI is InChI=1S/C26H28FN3O5/c1-5-28-26(33)29-13-19-11-20(27)9-8-18(19)14-35-22-10-16(3)30-24(31)23(22)21-12-17(25(32)34-4)7-6-15(21)2/h6-12H,5,13-14H2,1-4H3,(H,30,31)(H2,28,29,33). The molecule has 35 heavy (non-hydrogen) atoms. The predicted octanol–water partition coefficient (Wildman–Crippen LogP) is 3.98. The van der Waals surface area contributed by atoms with Crippen LogP contribution in [0.2, 0.25) is 0 Å². The Kier molecular flexibility index (Phi) is 8.25. The van der Waals surface area contributed by atoms with Gasteiger partial charge in [0.25, 0.3) is 5.56 Å². The third-order valence-corrected chi connectivity index (χ3v) is 5.39. The van der Waals surface area contributed by atoms with Crippen molar-refractivity contribution in [1.29, 1.82) is 0 Å². The number of esters is 1. The zero-order valence-electron chi connectivity index (χ0n) is 20.1. The molecule has 0 saturated heterocycles. The molecule has 0 aliphatic carbocycles. The Balaban J connectivity index is 1.96. The molecule has 0 atom stereocenters. The molecule has 3 rings (SSSR count). The maximum absolute atomic E-state index is 13.9. The maximum Gasteiger partial charge on any atom is 0.337 e. The molecule has 1 heterocycles. The van der Waals surface area contributed by atoms with Crippen molar-refractivity contribution in [1.82, 2.24) is 15.6 Å². The van der Waals surface area contributed by atoms with Crippen molar-refractivity contribution in [2.24, 2.45) is 0 Å². The second kappa shape index (κ2) is 11.3. The van der Waals surface area contributed by atoms with E-state index in [0.717, 1.165) is 5.56 Å². The molecule has 0 saturated carbocycles. The number of nitrogens with one attached hydrogen (secondary N) is 3. The number of H-pyrrole nitrogens is 1. The van der Waals surface area contributed by atoms with Gasteiger partial charge in [0.2, 0.25) is 0 Å². The fraction of sp³-hybridized carbons (Fsp3) is 0.269. The number of amides is 2. The van der Waals surface area contributed by atoms with Crippen molar-refractivity contribution in [3.63, 3.8) is 0 Å². The molecule has 8 nitrogen and oxygen atoms in total. The average Bonchev–Trinajstić information content (AvgIpc) is 2.82. The molecule has 0 bridgehead atoms. The van der Waals surface area contributed by atoms with Gasteiger partial charge in [0.1, 0.15) is 18.2 Å². The topological polar surface area (TPSA) is 110 Å². The van der Waals surface area contributed by atoms with E-state index < -0.39 is 11.8 Å². The van der Waals surface area contributed by atoms with Gasteiger partial charge in [0, 0.05) is 24.8 Å². The Bertz CT molecular complexity index is 1300. The highest BCUT2D eigenvalue weighted by atomic mass is 19.1. The first kappa shape index (κ1) is 25.5. The number of halogens is 1. The Hall–Kier alpha value is -4.14. The smallest absolute Gasteiger partial charge is 0.337 e. The van der Waals surface area contributed by atoms with Crippen molar-refractivity contribution < 1.29 is 23.5 Å². The van der Waals surface area contributed by atoms with Gasteiger partial charge in [0.15, 0.2) is 0 Å². The van der Waals surface area contributed by atoms with E-state index >= 15 is 0 Å². The lowest BCUT2D eigenvalue weighted by molar-refractivity contribution is 0.0600. The quantitative estimate of drug-likeness (QED) is 0.422. The first-order valence-electron chi connectivity index (χ1n) is 11.1. The number of pyridine rings is 1. The van der Waals surface area contributed by atoms with Gasteiger partial charge < -0.3 is 25.1 Å². The molecule has 0 radical (unpaired) electrons. The summed E-state index contributed by atoms with van der Waals surface area (Å²) in [6, 6.07) is 10.5. The van der Waals surface area contributed by atoms with Gasteiger partial charge in [-0.15, -0.1) is 0 Å². The van der Waals surface area contributed by atoms with Crippen LogP contribution in [0.3, 0.4) is 0 Å². The van der Waals surface area contributed by atoms with Crippen molar-refractivity contribution in [3.8, 4) is 16.9 Å². The van der Waals surface area contributed by atoms with Crippen LogP contribution in [0, 0.1) is 19.7 Å². The third-order valence-electron chi connectivity index (χ3n) is 5.39. The number of aromatic nitrogens is 1. The van der Waals surface area contributed by atoms with Gasteiger partial charge >= 0.3 is 12.0 Å². The number of methoxy groups -OCH3 is 1. The first-order chi connectivity index (χ1) is 16.7. The van der Waals surface area contributed by atoms with E-state index in [1.165, 1.54) is 19.2 Å². The van der Waals surface area contributed by atoms with Crippen molar-refractivity contribution in [3.05, 3.63) is 86.6 Å². The largest absolute Gasteiger partial charge is 0.488 e. The zero-order valence-corrected chi connectivity index (χ0v) is 20.1. The number of hydrogen-bond acceptors (Lipinski definition) is 5. The number of rotatable bonds is 8. The van der Waals surface area contributed by atoms with Crippen molar-refractivity contribution in [2.75, 3.05) is 13.7 Å². The number of carbonyl (C=O) groups is 2. The summed E-state index contributed by atoms with van der Waals surface area (Å²) in [6.07, 6.45) is 0. The molecule has 9 heteroatoms. The lowest BCUT2D eigenvalue weighted by atomic mass is 9.98. The van der Waals surface area contributed by atoms with Gasteiger partial charge in [-0.3, -0.25) is 4.79 Å². The number of carbonyl (C=O) groups excluding carboxylic acids is 2. The molecular weight excluding hydrogens is 453 g/mol. The van der Waals surface area contributed by atoms with Crippen molar-refractivity contribution >= 4 is 12.0 Å². The van der Waals surface area contributed by atoms with Gasteiger partial charge in [-0.25, -0.2) is 14.0 Å². The van der Waals surface area contributed by atoms with Crippen LogP contribution in [-0.2, 0) is 17.9 Å². The molecule has 0 aliphatic rings. The van der Waals surface area contributed by atoms with Gasteiger partial charge in [-0.2, -0.15) is 0 Å². The highest BCUT2D eigenvalue weighted by Crippen LogP contribution is 2.31. The summed E-state index contributed by atoms with van der Waals surface area (Å²) in [5.41, 5.74) is 3.27. The number of benzene rings is 2. The van der Waals surface area contributed by atoms with E-state index in [1.54, 1.807) is 44.2 Å². The summed E-state index contributed by atoms with van der Waals surface area (Å²) in [4.78, 5) is 39.6. The van der Waals surface area contributed by atoms with E-state index in [-0.39, 0.29) is 30.3 Å². The summed E-state index contributed by atoms with van der Waals surface area (Å²) >= 11 is 0. The van der Waals surface area contributed by atoms with Crippen LogP contribution in [-0.4, -0.2) is 30.6 Å². The van der Waals surface area contributed by atoms with E-state index in [0.29, 0.717) is 40.2 Å². The second-order valence-corrected chi connectivity index (χ2v) is 7.96. The minimum atomic E-state index is -0.521. The van der Waals surface area contributed by atoms with Crippen LogP contribution in [0.1, 0.15) is 39.7 Å². The second-order valence-electron chi connectivity index (χ2n) is 7.96. The summed E-state index contributed by atoms with van der Waals surface area (Å²) in [5.74, 6) is -0.652.